The van der Waals surface area contributed by atoms with Crippen molar-refractivity contribution in [2.75, 3.05) is 34.3 Å². The van der Waals surface area contributed by atoms with Crippen LogP contribution in [0, 0.1) is 23.7 Å². The van der Waals surface area contributed by atoms with E-state index in [2.05, 4.69) is 35.0 Å². The number of ether oxygens (including phenoxy) is 2. The molecular weight excluding hydrogens is 366 g/mol. The van der Waals surface area contributed by atoms with E-state index in [-0.39, 0.29) is 36.3 Å². The number of benzene rings is 1. The van der Waals surface area contributed by atoms with E-state index in [1.165, 1.54) is 0 Å². The van der Waals surface area contributed by atoms with Crippen molar-refractivity contribution < 1.29 is 23.5 Å². The van der Waals surface area contributed by atoms with E-state index in [1.54, 1.807) is 0 Å². The van der Waals surface area contributed by atoms with E-state index < -0.39 is 0 Å². The van der Waals surface area contributed by atoms with Crippen molar-refractivity contribution >= 4 is 11.9 Å². The second kappa shape index (κ2) is 12.0. The molecular formula is C24H40NO4+. The minimum absolute atomic E-state index is 0.0898. The second-order valence-corrected chi connectivity index (χ2v) is 9.69. The van der Waals surface area contributed by atoms with E-state index in [9.17, 15) is 9.59 Å². The monoisotopic (exact) mass is 406 g/mol. The van der Waals surface area contributed by atoms with Gasteiger partial charge in [-0.15, -0.1) is 0 Å². The molecule has 0 N–H and O–H groups in total. The molecule has 0 spiro atoms. The van der Waals surface area contributed by atoms with Crippen molar-refractivity contribution in [1.29, 1.82) is 0 Å². The lowest BCUT2D eigenvalue weighted by atomic mass is 9.83. The van der Waals surface area contributed by atoms with Crippen LogP contribution in [0.5, 0.6) is 0 Å². The Morgan fingerprint density at radius 2 is 1.52 bits per heavy atom. The molecule has 0 heterocycles. The summed E-state index contributed by atoms with van der Waals surface area (Å²) < 4.78 is 11.9. The summed E-state index contributed by atoms with van der Waals surface area (Å²) in [7, 11) is 6.20. The highest BCUT2D eigenvalue weighted by Crippen LogP contribution is 2.27. The molecule has 0 aromatic heterocycles. The van der Waals surface area contributed by atoms with Crippen LogP contribution in [0.15, 0.2) is 30.3 Å². The lowest BCUT2D eigenvalue weighted by molar-refractivity contribution is -0.870. The van der Waals surface area contributed by atoms with Crippen LogP contribution in [-0.4, -0.2) is 50.7 Å². The van der Waals surface area contributed by atoms with Gasteiger partial charge >= 0.3 is 11.9 Å². The number of esters is 2. The Hall–Kier alpha value is -1.88. The zero-order valence-electron chi connectivity index (χ0n) is 19.3. The number of hydrogen-bond donors (Lipinski definition) is 0. The normalized spacial score (nSPS) is 14.0. The number of likely N-dealkylation sites (N-methyl/N-ethyl adjacent to an activating group) is 1. The van der Waals surface area contributed by atoms with E-state index in [0.29, 0.717) is 25.4 Å². The largest absolute Gasteiger partial charge is 0.461 e. The number of quaternary nitrogens is 1. The maximum absolute atomic E-state index is 12.8. The minimum atomic E-state index is -0.326. The maximum atomic E-state index is 12.8. The van der Waals surface area contributed by atoms with Gasteiger partial charge in [0.1, 0.15) is 19.8 Å². The van der Waals surface area contributed by atoms with Crippen LogP contribution in [0.1, 0.15) is 46.1 Å². The number of hydrogen-bond acceptors (Lipinski definition) is 4. The third-order valence-electron chi connectivity index (χ3n) is 4.97. The van der Waals surface area contributed by atoms with Crippen LogP contribution in [0.25, 0.3) is 0 Å². The molecule has 0 bridgehead atoms. The van der Waals surface area contributed by atoms with Gasteiger partial charge < -0.3 is 14.0 Å². The van der Waals surface area contributed by atoms with Gasteiger partial charge in [0.2, 0.25) is 0 Å². The predicted molar refractivity (Wildman–Crippen MR) is 116 cm³/mol. The third-order valence-corrected chi connectivity index (χ3v) is 4.97. The molecule has 0 radical (unpaired) electrons. The Morgan fingerprint density at radius 1 is 0.897 bits per heavy atom. The van der Waals surface area contributed by atoms with Crippen LogP contribution in [0.2, 0.25) is 0 Å². The molecule has 5 heteroatoms. The highest BCUT2D eigenvalue weighted by Gasteiger charge is 2.32. The van der Waals surface area contributed by atoms with Crippen LogP contribution in [0.4, 0.5) is 0 Å². The highest BCUT2D eigenvalue weighted by molar-refractivity contribution is 5.76. The lowest BCUT2D eigenvalue weighted by Crippen LogP contribution is -2.38. The molecule has 164 valence electrons. The van der Waals surface area contributed by atoms with Crippen molar-refractivity contribution in [2.45, 2.75) is 47.1 Å². The van der Waals surface area contributed by atoms with Gasteiger partial charge in [-0.2, -0.15) is 0 Å². The fraction of sp³-hybridized carbons (Fsp3) is 0.667. The van der Waals surface area contributed by atoms with Gasteiger partial charge in [-0.05, 0) is 30.2 Å². The molecule has 5 nitrogen and oxygen atoms in total. The third kappa shape index (κ3) is 10.5. The van der Waals surface area contributed by atoms with Gasteiger partial charge in [0, 0.05) is 0 Å². The van der Waals surface area contributed by atoms with Crippen molar-refractivity contribution in [3.8, 4) is 0 Å². The first-order chi connectivity index (χ1) is 13.5. The van der Waals surface area contributed by atoms with Crippen molar-refractivity contribution in [2.24, 2.45) is 23.7 Å². The van der Waals surface area contributed by atoms with Gasteiger partial charge in [-0.1, -0.05) is 58.0 Å². The molecule has 0 amide bonds. The molecule has 1 aromatic carbocycles. The second-order valence-electron chi connectivity index (χ2n) is 9.69. The fourth-order valence-corrected chi connectivity index (χ4v) is 3.18. The molecule has 1 aromatic rings. The standard InChI is InChI=1S/C24H40NO4/c1-18(2)15-21(23(26)28-14-13-25(5,6)7)16-22(19(3)4)24(27)29-17-20-11-9-8-10-12-20/h8-12,18-19,21-22H,13-17H2,1-7H3/q+1. The zero-order chi connectivity index (χ0) is 22.0. The number of carbonyl (C=O) groups is 2. The average molecular weight is 407 g/mol. The molecule has 29 heavy (non-hydrogen) atoms. The van der Waals surface area contributed by atoms with Crippen molar-refractivity contribution in [3.63, 3.8) is 0 Å². The van der Waals surface area contributed by atoms with E-state index in [0.717, 1.165) is 16.6 Å². The van der Waals surface area contributed by atoms with Crippen LogP contribution >= 0.6 is 0 Å². The number of rotatable bonds is 12. The van der Waals surface area contributed by atoms with E-state index in [1.807, 2.05) is 44.2 Å². The summed E-state index contributed by atoms with van der Waals surface area (Å²) in [5.74, 6) is -0.621. The Bertz CT molecular complexity index is 620. The van der Waals surface area contributed by atoms with Crippen molar-refractivity contribution in [3.05, 3.63) is 35.9 Å². The quantitative estimate of drug-likeness (QED) is 0.383. The molecule has 0 aliphatic carbocycles. The van der Waals surface area contributed by atoms with Crippen molar-refractivity contribution in [1.82, 2.24) is 0 Å². The van der Waals surface area contributed by atoms with Gasteiger partial charge in [0.15, 0.2) is 0 Å². The molecule has 1 rings (SSSR count). The molecule has 0 fully saturated rings. The average Bonchev–Trinajstić information content (AvgIpc) is 2.62. The van der Waals surface area contributed by atoms with E-state index in [4.69, 9.17) is 9.47 Å². The van der Waals surface area contributed by atoms with Crippen LogP contribution < -0.4 is 0 Å². The number of nitrogens with zero attached hydrogens (tertiary/aromatic N) is 1. The molecule has 2 atom stereocenters. The fourth-order valence-electron chi connectivity index (χ4n) is 3.18. The Morgan fingerprint density at radius 3 is 2.03 bits per heavy atom. The summed E-state index contributed by atoms with van der Waals surface area (Å²) in [5.41, 5.74) is 0.960. The summed E-state index contributed by atoms with van der Waals surface area (Å²) in [6.07, 6.45) is 1.17. The summed E-state index contributed by atoms with van der Waals surface area (Å²) in [4.78, 5) is 25.5. The first kappa shape index (κ1) is 25.2. The van der Waals surface area contributed by atoms with Gasteiger partial charge in [-0.25, -0.2) is 0 Å². The molecule has 0 aliphatic rings. The maximum Gasteiger partial charge on any atom is 0.309 e. The first-order valence-electron chi connectivity index (χ1n) is 10.7. The van der Waals surface area contributed by atoms with Gasteiger partial charge in [-0.3, -0.25) is 9.59 Å². The van der Waals surface area contributed by atoms with Crippen LogP contribution in [-0.2, 0) is 25.7 Å². The molecule has 0 aliphatic heterocycles. The summed E-state index contributed by atoms with van der Waals surface area (Å²) in [6.45, 7) is 9.59. The van der Waals surface area contributed by atoms with Gasteiger partial charge in [0.25, 0.3) is 0 Å². The van der Waals surface area contributed by atoms with E-state index >= 15 is 0 Å². The highest BCUT2D eigenvalue weighted by atomic mass is 16.5. The molecule has 0 saturated carbocycles. The topological polar surface area (TPSA) is 52.6 Å². The Kier molecular flexibility index (Phi) is 10.4. The number of carbonyl (C=O) groups excluding carboxylic acids is 2. The predicted octanol–water partition coefficient (Wildman–Crippen LogP) is 4.30. The molecule has 0 saturated heterocycles. The SMILES string of the molecule is CC(C)CC(CC(C(=O)OCc1ccccc1)C(C)C)C(=O)OCC[N+](C)(C)C. The lowest BCUT2D eigenvalue weighted by Gasteiger charge is -2.26. The zero-order valence-corrected chi connectivity index (χ0v) is 19.3. The summed E-state index contributed by atoms with van der Waals surface area (Å²) in [5, 5.41) is 0. The summed E-state index contributed by atoms with van der Waals surface area (Å²) >= 11 is 0. The molecule has 2 unspecified atom stereocenters. The Balaban J connectivity index is 2.74. The van der Waals surface area contributed by atoms with Gasteiger partial charge in [0.05, 0.1) is 33.0 Å². The minimum Gasteiger partial charge on any atom is -0.461 e. The Labute approximate surface area is 177 Å². The smallest absolute Gasteiger partial charge is 0.309 e. The first-order valence-corrected chi connectivity index (χ1v) is 10.7. The van der Waals surface area contributed by atoms with Crippen LogP contribution in [0.3, 0.4) is 0 Å². The summed E-state index contributed by atoms with van der Waals surface area (Å²) in [6, 6.07) is 9.65.